The van der Waals surface area contributed by atoms with E-state index in [1.807, 2.05) is 37.3 Å². The molecule has 2 aromatic rings. The van der Waals surface area contributed by atoms with Crippen LogP contribution in [0.25, 0.3) is 0 Å². The zero-order valence-corrected chi connectivity index (χ0v) is 13.0. The number of hydrogen-bond donors (Lipinski definition) is 1. The highest BCUT2D eigenvalue weighted by atomic mass is 16.2. The van der Waals surface area contributed by atoms with E-state index in [0.29, 0.717) is 24.3 Å². The van der Waals surface area contributed by atoms with E-state index in [9.17, 15) is 9.59 Å². The maximum absolute atomic E-state index is 12.6. The Labute approximate surface area is 135 Å². The molecule has 1 aromatic heterocycles. The summed E-state index contributed by atoms with van der Waals surface area (Å²) >= 11 is 0. The van der Waals surface area contributed by atoms with Crippen molar-refractivity contribution in [2.75, 3.05) is 11.9 Å². The lowest BCUT2D eigenvalue weighted by molar-refractivity contribution is -0.119. The second-order valence-corrected chi connectivity index (χ2v) is 5.68. The van der Waals surface area contributed by atoms with Gasteiger partial charge < -0.3 is 10.2 Å². The maximum Gasteiger partial charge on any atom is 0.254 e. The fourth-order valence-electron chi connectivity index (χ4n) is 2.85. The van der Waals surface area contributed by atoms with E-state index in [2.05, 4.69) is 10.3 Å². The Morgan fingerprint density at radius 2 is 1.96 bits per heavy atom. The summed E-state index contributed by atoms with van der Waals surface area (Å²) in [6.45, 7) is 2.50. The molecule has 1 atom stereocenters. The van der Waals surface area contributed by atoms with Gasteiger partial charge in [0.2, 0.25) is 5.91 Å². The summed E-state index contributed by atoms with van der Waals surface area (Å²) < 4.78 is 0. The molecule has 3 rings (SSSR count). The average Bonchev–Trinajstić information content (AvgIpc) is 3.07. The summed E-state index contributed by atoms with van der Waals surface area (Å²) in [7, 11) is 0. The number of nitrogens with zero attached hydrogens (tertiary/aromatic N) is 2. The first-order valence-electron chi connectivity index (χ1n) is 7.75. The van der Waals surface area contributed by atoms with Crippen LogP contribution in [0, 0.1) is 6.92 Å². The van der Waals surface area contributed by atoms with Gasteiger partial charge in [-0.3, -0.25) is 9.59 Å². The average molecular weight is 309 g/mol. The van der Waals surface area contributed by atoms with Gasteiger partial charge in [0, 0.05) is 18.3 Å². The molecule has 5 heteroatoms. The van der Waals surface area contributed by atoms with Gasteiger partial charge in [0.05, 0.1) is 0 Å². The number of rotatable bonds is 3. The van der Waals surface area contributed by atoms with E-state index >= 15 is 0 Å². The molecule has 118 valence electrons. The van der Waals surface area contributed by atoms with Crippen LogP contribution in [0.2, 0.25) is 0 Å². The topological polar surface area (TPSA) is 62.3 Å². The van der Waals surface area contributed by atoms with Gasteiger partial charge in [-0.05, 0) is 43.5 Å². The fraction of sp³-hybridized carbons (Fsp3) is 0.278. The van der Waals surface area contributed by atoms with Crippen molar-refractivity contribution in [1.82, 2.24) is 9.88 Å². The number of benzene rings is 1. The van der Waals surface area contributed by atoms with Crippen molar-refractivity contribution in [3.63, 3.8) is 0 Å². The molecule has 1 saturated heterocycles. The Bertz CT molecular complexity index is 715. The summed E-state index contributed by atoms with van der Waals surface area (Å²) in [5.41, 5.74) is 1.51. The van der Waals surface area contributed by atoms with Crippen molar-refractivity contribution in [1.29, 1.82) is 0 Å². The predicted octanol–water partition coefficient (Wildman–Crippen LogP) is 2.63. The number of anilines is 1. The molecule has 0 saturated carbocycles. The van der Waals surface area contributed by atoms with Crippen LogP contribution in [0.4, 0.5) is 5.82 Å². The van der Waals surface area contributed by atoms with E-state index in [4.69, 9.17) is 0 Å². The fourth-order valence-corrected chi connectivity index (χ4v) is 2.85. The number of carbonyl (C=O) groups excluding carboxylic acids is 2. The molecular weight excluding hydrogens is 290 g/mol. The third-order valence-corrected chi connectivity index (χ3v) is 4.09. The molecule has 0 spiro atoms. The van der Waals surface area contributed by atoms with E-state index in [1.54, 1.807) is 23.2 Å². The van der Waals surface area contributed by atoms with Gasteiger partial charge >= 0.3 is 0 Å². The maximum atomic E-state index is 12.6. The summed E-state index contributed by atoms with van der Waals surface area (Å²) in [4.78, 5) is 31.0. The number of aryl methyl sites for hydroxylation is 1. The van der Waals surface area contributed by atoms with Gasteiger partial charge in [0.25, 0.3) is 5.91 Å². The van der Waals surface area contributed by atoms with Crippen LogP contribution in [0.15, 0.2) is 48.7 Å². The Morgan fingerprint density at radius 3 is 2.70 bits per heavy atom. The second-order valence-electron chi connectivity index (χ2n) is 5.68. The Kier molecular flexibility index (Phi) is 4.37. The van der Waals surface area contributed by atoms with Crippen LogP contribution in [0.1, 0.15) is 28.8 Å². The van der Waals surface area contributed by atoms with Crippen molar-refractivity contribution in [2.24, 2.45) is 0 Å². The van der Waals surface area contributed by atoms with Gasteiger partial charge in [0.15, 0.2) is 0 Å². The van der Waals surface area contributed by atoms with E-state index in [0.717, 1.165) is 12.0 Å². The molecule has 1 aromatic carbocycles. The standard InChI is InChI=1S/C18H19N3O2/c1-13-7-5-11-19-16(13)20-17(22)15-10-6-12-21(15)18(23)14-8-3-2-4-9-14/h2-5,7-9,11,15H,6,10,12H2,1H3,(H,19,20,22). The van der Waals surface area contributed by atoms with Crippen LogP contribution in [-0.4, -0.2) is 34.3 Å². The third kappa shape index (κ3) is 3.23. The summed E-state index contributed by atoms with van der Waals surface area (Å²) in [5, 5.41) is 2.84. The van der Waals surface area contributed by atoms with E-state index < -0.39 is 6.04 Å². The van der Waals surface area contributed by atoms with E-state index in [1.165, 1.54) is 0 Å². The molecule has 5 nitrogen and oxygen atoms in total. The lowest BCUT2D eigenvalue weighted by atomic mass is 10.1. The summed E-state index contributed by atoms with van der Waals surface area (Å²) in [6.07, 6.45) is 3.15. The third-order valence-electron chi connectivity index (χ3n) is 4.09. The van der Waals surface area contributed by atoms with Crippen molar-refractivity contribution < 1.29 is 9.59 Å². The number of aromatic nitrogens is 1. The van der Waals surface area contributed by atoms with Gasteiger partial charge in [-0.25, -0.2) is 4.98 Å². The molecule has 1 unspecified atom stereocenters. The molecule has 2 heterocycles. The van der Waals surface area contributed by atoms with Gasteiger partial charge in [-0.15, -0.1) is 0 Å². The van der Waals surface area contributed by atoms with Crippen LogP contribution < -0.4 is 5.32 Å². The molecule has 1 aliphatic heterocycles. The SMILES string of the molecule is Cc1cccnc1NC(=O)C1CCCN1C(=O)c1ccccc1. The number of carbonyl (C=O) groups is 2. The second kappa shape index (κ2) is 6.60. The normalized spacial score (nSPS) is 17.1. The minimum Gasteiger partial charge on any atom is -0.327 e. The van der Waals surface area contributed by atoms with Crippen molar-refractivity contribution >= 4 is 17.6 Å². The Balaban J connectivity index is 1.75. The number of pyridine rings is 1. The number of nitrogens with one attached hydrogen (secondary N) is 1. The van der Waals surface area contributed by atoms with Crippen LogP contribution in [-0.2, 0) is 4.79 Å². The first-order valence-corrected chi connectivity index (χ1v) is 7.75. The summed E-state index contributed by atoms with van der Waals surface area (Å²) in [5.74, 6) is 0.283. The number of hydrogen-bond acceptors (Lipinski definition) is 3. The van der Waals surface area contributed by atoms with Crippen LogP contribution in [0.5, 0.6) is 0 Å². The van der Waals surface area contributed by atoms with Gasteiger partial charge in [-0.2, -0.15) is 0 Å². The minimum atomic E-state index is -0.441. The lowest BCUT2D eigenvalue weighted by Crippen LogP contribution is -2.43. The summed E-state index contributed by atoms with van der Waals surface area (Å²) in [6, 6.07) is 12.4. The predicted molar refractivity (Wildman–Crippen MR) is 88.1 cm³/mol. The number of likely N-dealkylation sites (tertiary alicyclic amines) is 1. The lowest BCUT2D eigenvalue weighted by Gasteiger charge is -2.24. The largest absolute Gasteiger partial charge is 0.327 e. The first-order chi connectivity index (χ1) is 11.2. The monoisotopic (exact) mass is 309 g/mol. The zero-order chi connectivity index (χ0) is 16.2. The number of amides is 2. The zero-order valence-electron chi connectivity index (χ0n) is 13.0. The highest BCUT2D eigenvalue weighted by molar-refractivity contribution is 6.01. The molecule has 0 radical (unpaired) electrons. The smallest absolute Gasteiger partial charge is 0.254 e. The minimum absolute atomic E-state index is 0.0963. The first kappa shape index (κ1) is 15.2. The molecule has 1 N–H and O–H groups in total. The highest BCUT2D eigenvalue weighted by Crippen LogP contribution is 2.22. The molecule has 1 aliphatic rings. The van der Waals surface area contributed by atoms with Gasteiger partial charge in [0.1, 0.15) is 11.9 Å². The van der Waals surface area contributed by atoms with Crippen LogP contribution >= 0.6 is 0 Å². The van der Waals surface area contributed by atoms with Crippen molar-refractivity contribution in [3.05, 3.63) is 59.8 Å². The Morgan fingerprint density at radius 1 is 1.17 bits per heavy atom. The molecule has 0 bridgehead atoms. The van der Waals surface area contributed by atoms with Crippen molar-refractivity contribution in [2.45, 2.75) is 25.8 Å². The molecular formula is C18H19N3O2. The quantitative estimate of drug-likeness (QED) is 0.948. The Hall–Kier alpha value is -2.69. The van der Waals surface area contributed by atoms with Crippen LogP contribution in [0.3, 0.4) is 0 Å². The van der Waals surface area contributed by atoms with Crippen molar-refractivity contribution in [3.8, 4) is 0 Å². The molecule has 1 fully saturated rings. The van der Waals surface area contributed by atoms with E-state index in [-0.39, 0.29) is 11.8 Å². The molecule has 2 amide bonds. The van der Waals surface area contributed by atoms with Gasteiger partial charge in [-0.1, -0.05) is 24.3 Å². The highest BCUT2D eigenvalue weighted by Gasteiger charge is 2.34. The molecule has 0 aliphatic carbocycles. The molecule has 23 heavy (non-hydrogen) atoms.